The Labute approximate surface area is 110 Å². The molecule has 1 saturated heterocycles. The van der Waals surface area contributed by atoms with Gasteiger partial charge in [0.1, 0.15) is 0 Å². The third kappa shape index (κ3) is 2.89. The fourth-order valence-electron chi connectivity index (χ4n) is 2.29. The molecule has 0 aromatic carbocycles. The van der Waals surface area contributed by atoms with Crippen molar-refractivity contribution in [2.75, 3.05) is 6.54 Å². The topological polar surface area (TPSA) is 76.3 Å². The standard InChI is InChI=1S/C13H16FN3O2/c1-8-2-3-10(12(15)18)7-17(8)13(19)9-4-5-11(14)16-6-9/h4-6,8,10H,2-3,7H2,1H3,(H2,15,18). The Balaban J connectivity index is 2.16. The van der Waals surface area contributed by atoms with Gasteiger partial charge in [-0.1, -0.05) is 0 Å². The van der Waals surface area contributed by atoms with Crippen LogP contribution in [0.1, 0.15) is 30.1 Å². The second kappa shape index (κ2) is 5.34. The summed E-state index contributed by atoms with van der Waals surface area (Å²) in [4.78, 5) is 28.6. The van der Waals surface area contributed by atoms with Gasteiger partial charge in [0.2, 0.25) is 11.9 Å². The second-order valence-corrected chi connectivity index (χ2v) is 4.85. The molecule has 2 unspecified atom stereocenters. The number of nitrogens with zero attached hydrogens (tertiary/aromatic N) is 2. The second-order valence-electron chi connectivity index (χ2n) is 4.85. The predicted octanol–water partition coefficient (Wildman–Crippen LogP) is 0.947. The Kier molecular flexibility index (Phi) is 3.78. The monoisotopic (exact) mass is 265 g/mol. The molecule has 0 radical (unpaired) electrons. The van der Waals surface area contributed by atoms with Crippen molar-refractivity contribution in [1.29, 1.82) is 0 Å². The number of primary amides is 1. The summed E-state index contributed by atoms with van der Waals surface area (Å²) in [5, 5.41) is 0. The minimum Gasteiger partial charge on any atom is -0.369 e. The van der Waals surface area contributed by atoms with Crippen LogP contribution < -0.4 is 5.73 Å². The van der Waals surface area contributed by atoms with E-state index in [0.717, 1.165) is 12.5 Å². The van der Waals surface area contributed by atoms with Gasteiger partial charge in [0, 0.05) is 18.8 Å². The highest BCUT2D eigenvalue weighted by Gasteiger charge is 2.32. The number of rotatable bonds is 2. The van der Waals surface area contributed by atoms with Crippen LogP contribution in [-0.2, 0) is 4.79 Å². The first kappa shape index (κ1) is 13.5. The molecule has 102 valence electrons. The van der Waals surface area contributed by atoms with Gasteiger partial charge in [0.25, 0.3) is 5.91 Å². The van der Waals surface area contributed by atoms with E-state index in [-0.39, 0.29) is 23.8 Å². The minimum absolute atomic E-state index is 0.0353. The number of carbonyl (C=O) groups excluding carboxylic acids is 2. The van der Waals surface area contributed by atoms with E-state index in [9.17, 15) is 14.0 Å². The van der Waals surface area contributed by atoms with E-state index < -0.39 is 5.95 Å². The molecule has 1 aliphatic heterocycles. The van der Waals surface area contributed by atoms with Crippen molar-refractivity contribution in [2.45, 2.75) is 25.8 Å². The smallest absolute Gasteiger partial charge is 0.255 e. The van der Waals surface area contributed by atoms with Crippen LogP contribution in [0.15, 0.2) is 18.3 Å². The minimum atomic E-state index is -0.627. The Morgan fingerprint density at radius 1 is 1.42 bits per heavy atom. The Bertz CT molecular complexity index is 489. The van der Waals surface area contributed by atoms with Crippen molar-refractivity contribution in [3.05, 3.63) is 29.8 Å². The molecular formula is C13H16FN3O2. The Hall–Kier alpha value is -1.98. The number of likely N-dealkylation sites (tertiary alicyclic amines) is 1. The predicted molar refractivity (Wildman–Crippen MR) is 66.6 cm³/mol. The van der Waals surface area contributed by atoms with Gasteiger partial charge in [-0.2, -0.15) is 4.39 Å². The number of piperidine rings is 1. The molecule has 2 atom stereocenters. The summed E-state index contributed by atoms with van der Waals surface area (Å²) >= 11 is 0. The van der Waals surface area contributed by atoms with E-state index in [1.165, 1.54) is 12.3 Å². The van der Waals surface area contributed by atoms with Crippen LogP contribution in [0.25, 0.3) is 0 Å². The van der Waals surface area contributed by atoms with Crippen LogP contribution in [-0.4, -0.2) is 34.3 Å². The number of hydrogen-bond donors (Lipinski definition) is 1. The summed E-state index contributed by atoms with van der Waals surface area (Å²) in [5.41, 5.74) is 5.61. The summed E-state index contributed by atoms with van der Waals surface area (Å²) in [6.45, 7) is 2.23. The van der Waals surface area contributed by atoms with Crippen molar-refractivity contribution in [3.8, 4) is 0 Å². The maximum atomic E-state index is 12.7. The number of halogens is 1. The molecule has 0 spiro atoms. The number of aromatic nitrogens is 1. The lowest BCUT2D eigenvalue weighted by Crippen LogP contribution is -2.48. The summed E-state index contributed by atoms with van der Waals surface area (Å²) in [7, 11) is 0. The molecule has 0 aliphatic carbocycles. The molecule has 2 heterocycles. The van der Waals surface area contributed by atoms with Crippen LogP contribution in [0.4, 0.5) is 4.39 Å². The molecule has 0 bridgehead atoms. The zero-order valence-electron chi connectivity index (χ0n) is 10.7. The molecule has 1 aromatic heterocycles. The highest BCUT2D eigenvalue weighted by molar-refractivity contribution is 5.94. The first-order valence-corrected chi connectivity index (χ1v) is 6.21. The van der Waals surface area contributed by atoms with Crippen molar-refractivity contribution in [1.82, 2.24) is 9.88 Å². The molecule has 5 nitrogen and oxygen atoms in total. The van der Waals surface area contributed by atoms with Crippen LogP contribution in [0.2, 0.25) is 0 Å². The Morgan fingerprint density at radius 3 is 2.74 bits per heavy atom. The first-order valence-electron chi connectivity index (χ1n) is 6.21. The van der Waals surface area contributed by atoms with Gasteiger partial charge < -0.3 is 10.6 Å². The zero-order valence-corrected chi connectivity index (χ0v) is 10.7. The van der Waals surface area contributed by atoms with Crippen molar-refractivity contribution in [3.63, 3.8) is 0 Å². The van der Waals surface area contributed by atoms with E-state index >= 15 is 0 Å². The average molecular weight is 265 g/mol. The van der Waals surface area contributed by atoms with Gasteiger partial charge in [0.15, 0.2) is 0 Å². The largest absolute Gasteiger partial charge is 0.369 e. The molecule has 2 amide bonds. The van der Waals surface area contributed by atoms with E-state index in [1.807, 2.05) is 6.92 Å². The van der Waals surface area contributed by atoms with Crippen molar-refractivity contribution in [2.24, 2.45) is 11.7 Å². The quantitative estimate of drug-likeness (QED) is 0.809. The van der Waals surface area contributed by atoms with Crippen molar-refractivity contribution >= 4 is 11.8 Å². The molecule has 2 rings (SSSR count). The zero-order chi connectivity index (χ0) is 14.0. The van der Waals surface area contributed by atoms with Gasteiger partial charge in [-0.25, -0.2) is 4.98 Å². The molecule has 19 heavy (non-hydrogen) atoms. The molecule has 6 heteroatoms. The highest BCUT2D eigenvalue weighted by atomic mass is 19.1. The van der Waals surface area contributed by atoms with Gasteiger partial charge in [-0.3, -0.25) is 9.59 Å². The number of carbonyl (C=O) groups is 2. The van der Waals surface area contributed by atoms with Crippen molar-refractivity contribution < 1.29 is 14.0 Å². The summed E-state index contributed by atoms with van der Waals surface area (Å²) in [5.74, 6) is -1.57. The third-order valence-corrected chi connectivity index (χ3v) is 3.52. The third-order valence-electron chi connectivity index (χ3n) is 3.52. The lowest BCUT2D eigenvalue weighted by Gasteiger charge is -2.36. The Morgan fingerprint density at radius 2 is 2.16 bits per heavy atom. The maximum absolute atomic E-state index is 12.7. The molecule has 0 saturated carbocycles. The first-order chi connectivity index (χ1) is 8.99. The van der Waals surface area contributed by atoms with Crippen LogP contribution in [0.3, 0.4) is 0 Å². The number of pyridine rings is 1. The number of hydrogen-bond acceptors (Lipinski definition) is 3. The normalized spacial score (nSPS) is 23.2. The summed E-state index contributed by atoms with van der Waals surface area (Å²) < 4.78 is 12.7. The maximum Gasteiger partial charge on any atom is 0.255 e. The number of nitrogens with two attached hydrogens (primary N) is 1. The fraction of sp³-hybridized carbons (Fsp3) is 0.462. The molecule has 1 aromatic rings. The lowest BCUT2D eigenvalue weighted by atomic mass is 9.92. The van der Waals surface area contributed by atoms with E-state index in [2.05, 4.69) is 4.98 Å². The van der Waals surface area contributed by atoms with E-state index in [1.54, 1.807) is 4.90 Å². The lowest BCUT2D eigenvalue weighted by molar-refractivity contribution is -0.123. The summed E-state index contributed by atoms with van der Waals surface area (Å²) in [6, 6.07) is 2.58. The van der Waals surface area contributed by atoms with E-state index in [0.29, 0.717) is 18.5 Å². The van der Waals surface area contributed by atoms with Gasteiger partial charge in [-0.15, -0.1) is 0 Å². The number of amides is 2. The van der Waals surface area contributed by atoms with E-state index in [4.69, 9.17) is 5.73 Å². The highest BCUT2D eigenvalue weighted by Crippen LogP contribution is 2.23. The van der Waals surface area contributed by atoms with Crippen LogP contribution in [0, 0.1) is 11.9 Å². The molecule has 1 fully saturated rings. The van der Waals surface area contributed by atoms with Gasteiger partial charge in [-0.05, 0) is 31.9 Å². The average Bonchev–Trinajstić information content (AvgIpc) is 2.39. The molecule has 2 N–H and O–H groups in total. The van der Waals surface area contributed by atoms with Gasteiger partial charge in [0.05, 0.1) is 11.5 Å². The molecule has 1 aliphatic rings. The van der Waals surface area contributed by atoms with Crippen LogP contribution in [0.5, 0.6) is 0 Å². The van der Waals surface area contributed by atoms with Gasteiger partial charge >= 0.3 is 0 Å². The fourth-order valence-corrected chi connectivity index (χ4v) is 2.29. The SMILES string of the molecule is CC1CCC(C(N)=O)CN1C(=O)c1ccc(F)nc1. The summed E-state index contributed by atoms with van der Waals surface area (Å²) in [6.07, 6.45) is 2.63. The molecular weight excluding hydrogens is 249 g/mol. The van der Waals surface area contributed by atoms with Crippen LogP contribution >= 0.6 is 0 Å².